The highest BCUT2D eigenvalue weighted by molar-refractivity contribution is 6.32. The smallest absolute Gasteiger partial charge is 0.228 e. The van der Waals surface area contributed by atoms with Gasteiger partial charge in [0.2, 0.25) is 11.9 Å². The van der Waals surface area contributed by atoms with Gasteiger partial charge in [0.05, 0.1) is 6.20 Å². The molecule has 0 radical (unpaired) electrons. The van der Waals surface area contributed by atoms with E-state index in [1.165, 1.54) is 0 Å². The lowest BCUT2D eigenvalue weighted by Gasteiger charge is -2.22. The van der Waals surface area contributed by atoms with Gasteiger partial charge in [-0.15, -0.1) is 0 Å². The molecule has 0 fully saturated rings. The molecule has 6 nitrogen and oxygen atoms in total. The number of halogens is 1. The van der Waals surface area contributed by atoms with Gasteiger partial charge in [-0.3, -0.25) is 4.79 Å². The molecule has 28 heavy (non-hydrogen) atoms. The maximum Gasteiger partial charge on any atom is 0.228 e. The van der Waals surface area contributed by atoms with Gasteiger partial charge in [-0.1, -0.05) is 59.7 Å². The number of allylic oxidation sites excluding steroid dienone is 1. The molecule has 1 amide bonds. The van der Waals surface area contributed by atoms with E-state index >= 15 is 0 Å². The molecule has 7 heteroatoms. The minimum atomic E-state index is 0.229. The molecule has 0 bridgehead atoms. The molecule has 0 saturated carbocycles. The Morgan fingerprint density at radius 1 is 1.18 bits per heavy atom. The van der Waals surface area contributed by atoms with E-state index < -0.39 is 0 Å². The Bertz CT molecular complexity index is 552. The van der Waals surface area contributed by atoms with E-state index in [1.54, 1.807) is 6.20 Å². The van der Waals surface area contributed by atoms with Crippen LogP contribution in [0, 0.1) is 0 Å². The largest absolute Gasteiger partial charge is 0.369 e. The summed E-state index contributed by atoms with van der Waals surface area (Å²) in [5.41, 5.74) is 0.757. The number of anilines is 2. The van der Waals surface area contributed by atoms with Crippen LogP contribution < -0.4 is 10.6 Å². The molecule has 162 valence electrons. The van der Waals surface area contributed by atoms with Crippen molar-refractivity contribution in [3.8, 4) is 0 Å². The standard InChI is InChI=1S/C17H28ClN5O.2C2H6/c1-5-8-15(24)23(10-6-2)11-7-9-19-16-14(18)12-20-17(22-16)21-13(3)4;2*1-2/h12H,3,5-11H2,1-2,4H3,(H2,19,20,21,22);2*1-2H3. The zero-order valence-corrected chi connectivity index (χ0v) is 19.6. The molecular formula is C21H40ClN5O. The predicted molar refractivity (Wildman–Crippen MR) is 123 cm³/mol. The number of hydrogen-bond donors (Lipinski definition) is 2. The van der Waals surface area contributed by atoms with Gasteiger partial charge in [-0.25, -0.2) is 4.98 Å². The highest BCUT2D eigenvalue weighted by atomic mass is 35.5. The van der Waals surface area contributed by atoms with Crippen molar-refractivity contribution in [3.05, 3.63) is 23.5 Å². The van der Waals surface area contributed by atoms with Gasteiger partial charge >= 0.3 is 0 Å². The first-order valence-electron chi connectivity index (χ1n) is 10.4. The van der Waals surface area contributed by atoms with E-state index in [2.05, 4.69) is 34.1 Å². The van der Waals surface area contributed by atoms with Crippen molar-refractivity contribution in [2.24, 2.45) is 0 Å². The van der Waals surface area contributed by atoms with Crippen LogP contribution >= 0.6 is 11.6 Å². The number of nitrogens with one attached hydrogen (secondary N) is 2. The molecule has 0 aliphatic carbocycles. The Morgan fingerprint density at radius 2 is 1.82 bits per heavy atom. The van der Waals surface area contributed by atoms with Crippen molar-refractivity contribution in [1.82, 2.24) is 14.9 Å². The van der Waals surface area contributed by atoms with Crippen LogP contribution in [0.2, 0.25) is 5.02 Å². The van der Waals surface area contributed by atoms with E-state index in [0.717, 1.165) is 38.0 Å². The Labute approximate surface area is 177 Å². The second-order valence-electron chi connectivity index (χ2n) is 5.71. The Kier molecular flexibility index (Phi) is 18.8. The zero-order valence-electron chi connectivity index (χ0n) is 18.9. The van der Waals surface area contributed by atoms with Gasteiger partial charge in [-0.05, 0) is 26.2 Å². The molecule has 0 saturated heterocycles. The molecule has 0 atom stereocenters. The third kappa shape index (κ3) is 12.5. The van der Waals surface area contributed by atoms with Crippen molar-refractivity contribution in [2.45, 2.75) is 74.1 Å². The predicted octanol–water partition coefficient (Wildman–Crippen LogP) is 5.97. The average molecular weight is 414 g/mol. The minimum absolute atomic E-state index is 0.229. The van der Waals surface area contributed by atoms with Crippen LogP contribution in [0.5, 0.6) is 0 Å². The van der Waals surface area contributed by atoms with E-state index in [-0.39, 0.29) is 5.91 Å². The number of aromatic nitrogens is 2. The fourth-order valence-electron chi connectivity index (χ4n) is 2.22. The number of carbonyl (C=O) groups excluding carboxylic acids is 1. The molecule has 1 aromatic heterocycles. The number of hydrogen-bond acceptors (Lipinski definition) is 5. The highest BCUT2D eigenvalue weighted by Crippen LogP contribution is 2.19. The summed E-state index contributed by atoms with van der Waals surface area (Å²) in [5.74, 6) is 1.27. The third-order valence-corrected chi connectivity index (χ3v) is 3.55. The van der Waals surface area contributed by atoms with Crippen LogP contribution in [-0.4, -0.2) is 40.4 Å². The van der Waals surface area contributed by atoms with Gasteiger partial charge in [-0.2, -0.15) is 4.98 Å². The van der Waals surface area contributed by atoms with Crippen LogP contribution in [-0.2, 0) is 4.79 Å². The second-order valence-corrected chi connectivity index (χ2v) is 6.11. The van der Waals surface area contributed by atoms with E-state index in [0.29, 0.717) is 29.8 Å². The molecule has 1 heterocycles. The lowest BCUT2D eigenvalue weighted by atomic mass is 10.2. The topological polar surface area (TPSA) is 70.2 Å². The Balaban J connectivity index is 0. The summed E-state index contributed by atoms with van der Waals surface area (Å²) in [6.07, 6.45) is 4.85. The minimum Gasteiger partial charge on any atom is -0.369 e. The fourth-order valence-corrected chi connectivity index (χ4v) is 2.38. The lowest BCUT2D eigenvalue weighted by Crippen LogP contribution is -2.33. The fraction of sp³-hybridized carbons (Fsp3) is 0.667. The van der Waals surface area contributed by atoms with Gasteiger partial charge in [0.25, 0.3) is 0 Å². The maximum absolute atomic E-state index is 12.0. The molecule has 1 rings (SSSR count). The normalized spacial score (nSPS) is 9.29. The van der Waals surface area contributed by atoms with Crippen LogP contribution in [0.1, 0.15) is 74.1 Å². The van der Waals surface area contributed by atoms with Crippen molar-refractivity contribution < 1.29 is 4.79 Å². The highest BCUT2D eigenvalue weighted by Gasteiger charge is 2.11. The summed E-state index contributed by atoms with van der Waals surface area (Å²) in [5, 5.41) is 6.63. The van der Waals surface area contributed by atoms with Crippen LogP contribution in [0.4, 0.5) is 11.8 Å². The quantitative estimate of drug-likeness (QED) is 0.437. The summed E-state index contributed by atoms with van der Waals surface area (Å²) in [6.45, 7) is 19.9. The maximum atomic E-state index is 12.0. The first-order valence-corrected chi connectivity index (χ1v) is 10.8. The monoisotopic (exact) mass is 413 g/mol. The summed E-state index contributed by atoms with van der Waals surface area (Å²) in [4.78, 5) is 22.4. The summed E-state index contributed by atoms with van der Waals surface area (Å²) in [6, 6.07) is 0. The number of carbonyl (C=O) groups is 1. The third-order valence-electron chi connectivity index (χ3n) is 3.28. The van der Waals surface area contributed by atoms with Gasteiger partial charge in [0, 0.05) is 31.8 Å². The van der Waals surface area contributed by atoms with Crippen LogP contribution in [0.3, 0.4) is 0 Å². The number of amides is 1. The summed E-state index contributed by atoms with van der Waals surface area (Å²) >= 11 is 6.11. The molecule has 2 N–H and O–H groups in total. The molecule has 0 spiro atoms. The van der Waals surface area contributed by atoms with Crippen LogP contribution in [0.15, 0.2) is 18.5 Å². The van der Waals surface area contributed by atoms with E-state index in [4.69, 9.17) is 11.6 Å². The molecular weight excluding hydrogens is 374 g/mol. The molecule has 1 aromatic rings. The van der Waals surface area contributed by atoms with Gasteiger partial charge < -0.3 is 15.5 Å². The molecule has 0 aliphatic heterocycles. The first-order chi connectivity index (χ1) is 13.5. The van der Waals surface area contributed by atoms with Gasteiger partial charge in [0.1, 0.15) is 10.8 Å². The summed E-state index contributed by atoms with van der Waals surface area (Å²) < 4.78 is 0. The number of rotatable bonds is 11. The Morgan fingerprint density at radius 3 is 2.36 bits per heavy atom. The van der Waals surface area contributed by atoms with E-state index in [1.807, 2.05) is 46.4 Å². The van der Waals surface area contributed by atoms with Crippen molar-refractivity contribution in [2.75, 3.05) is 30.3 Å². The van der Waals surface area contributed by atoms with E-state index in [9.17, 15) is 4.79 Å². The second kappa shape index (κ2) is 18.5. The lowest BCUT2D eigenvalue weighted by molar-refractivity contribution is -0.131. The average Bonchev–Trinajstić information content (AvgIpc) is 2.69. The Hall–Kier alpha value is -1.82. The molecule has 0 aromatic carbocycles. The number of nitrogens with zero attached hydrogens (tertiary/aromatic N) is 3. The summed E-state index contributed by atoms with van der Waals surface area (Å²) in [7, 11) is 0. The first kappa shape index (κ1) is 28.4. The zero-order chi connectivity index (χ0) is 21.9. The van der Waals surface area contributed by atoms with Crippen molar-refractivity contribution >= 4 is 29.3 Å². The van der Waals surface area contributed by atoms with Crippen molar-refractivity contribution in [3.63, 3.8) is 0 Å². The van der Waals surface area contributed by atoms with Crippen LogP contribution in [0.25, 0.3) is 0 Å². The van der Waals surface area contributed by atoms with Crippen molar-refractivity contribution in [1.29, 1.82) is 0 Å². The SMILES string of the molecule is C=C(C)Nc1ncc(Cl)c(NCCCN(CCC)C(=O)CCC)n1.CC.CC. The van der Waals surface area contributed by atoms with Gasteiger partial charge in [0.15, 0.2) is 0 Å². The molecule has 0 unspecified atom stereocenters. The molecule has 0 aliphatic rings.